The molecule has 0 saturated heterocycles. The predicted molar refractivity (Wildman–Crippen MR) is 92.1 cm³/mol. The lowest BCUT2D eigenvalue weighted by molar-refractivity contribution is -0.133. The molecule has 3 rings (SSSR count). The highest BCUT2D eigenvalue weighted by molar-refractivity contribution is 6.28. The SMILES string of the molecule is CC(=O)C1C(N)C2=C(C(=O)C3=C(C2=O)C(N)CCC3N)C(N)C1C(N)=O. The van der Waals surface area contributed by atoms with Gasteiger partial charge in [-0.05, 0) is 19.8 Å². The molecule has 6 atom stereocenters. The Labute approximate surface area is 150 Å². The Kier molecular flexibility index (Phi) is 4.43. The van der Waals surface area contributed by atoms with Crippen LogP contribution in [0.5, 0.6) is 0 Å². The third kappa shape index (κ3) is 2.39. The first kappa shape index (κ1) is 18.6. The minimum atomic E-state index is -1.20. The number of Topliss-reactive ketones (excluding diaryl/α,β-unsaturated/α-hetero) is 3. The van der Waals surface area contributed by atoms with Crippen molar-refractivity contribution in [2.24, 2.45) is 40.5 Å². The third-order valence-corrected chi connectivity index (χ3v) is 5.71. The zero-order valence-electron chi connectivity index (χ0n) is 14.4. The Hall–Kier alpha value is -2.20. The van der Waals surface area contributed by atoms with E-state index in [1.807, 2.05) is 0 Å². The van der Waals surface area contributed by atoms with Gasteiger partial charge in [0.2, 0.25) is 5.91 Å². The monoisotopic (exact) mass is 361 g/mol. The normalized spacial score (nSPS) is 37.4. The van der Waals surface area contributed by atoms with Crippen LogP contribution in [-0.4, -0.2) is 47.4 Å². The van der Waals surface area contributed by atoms with Gasteiger partial charge in [-0.25, -0.2) is 0 Å². The number of hydrogen-bond donors (Lipinski definition) is 5. The van der Waals surface area contributed by atoms with Crippen LogP contribution in [-0.2, 0) is 19.2 Å². The minimum absolute atomic E-state index is 0.0384. The molecular formula is C17H23N5O4. The molecule has 9 nitrogen and oxygen atoms in total. The van der Waals surface area contributed by atoms with Crippen molar-refractivity contribution in [3.63, 3.8) is 0 Å². The van der Waals surface area contributed by atoms with Gasteiger partial charge in [-0.15, -0.1) is 0 Å². The highest BCUT2D eigenvalue weighted by Crippen LogP contribution is 2.42. The van der Waals surface area contributed by atoms with E-state index in [0.717, 1.165) is 0 Å². The van der Waals surface area contributed by atoms with E-state index < -0.39 is 59.3 Å². The van der Waals surface area contributed by atoms with Gasteiger partial charge in [0.15, 0.2) is 11.6 Å². The number of hydrogen-bond acceptors (Lipinski definition) is 8. The molecule has 0 heterocycles. The molecule has 9 heteroatoms. The van der Waals surface area contributed by atoms with Crippen molar-refractivity contribution < 1.29 is 19.2 Å². The van der Waals surface area contributed by atoms with Gasteiger partial charge < -0.3 is 28.7 Å². The lowest BCUT2D eigenvalue weighted by Crippen LogP contribution is -2.61. The maximum Gasteiger partial charge on any atom is 0.223 e. The highest BCUT2D eigenvalue weighted by Gasteiger charge is 2.53. The molecule has 0 radical (unpaired) electrons. The Morgan fingerprint density at radius 2 is 1.15 bits per heavy atom. The molecule has 0 aromatic carbocycles. The van der Waals surface area contributed by atoms with Crippen molar-refractivity contribution in [3.8, 4) is 0 Å². The van der Waals surface area contributed by atoms with Crippen LogP contribution in [0.25, 0.3) is 0 Å². The van der Waals surface area contributed by atoms with Crippen LogP contribution < -0.4 is 28.7 Å². The molecule has 0 fully saturated rings. The van der Waals surface area contributed by atoms with E-state index in [0.29, 0.717) is 12.8 Å². The van der Waals surface area contributed by atoms with Crippen LogP contribution in [0.3, 0.4) is 0 Å². The van der Waals surface area contributed by atoms with Crippen LogP contribution in [0.1, 0.15) is 19.8 Å². The van der Waals surface area contributed by atoms with Gasteiger partial charge in [0.1, 0.15) is 5.78 Å². The van der Waals surface area contributed by atoms with Crippen molar-refractivity contribution in [2.75, 3.05) is 0 Å². The maximum atomic E-state index is 13.1. The fraction of sp³-hybridized carbons (Fsp3) is 0.529. The molecule has 10 N–H and O–H groups in total. The number of amides is 1. The zero-order valence-corrected chi connectivity index (χ0v) is 14.4. The molecule has 140 valence electrons. The highest BCUT2D eigenvalue weighted by atomic mass is 16.2. The van der Waals surface area contributed by atoms with Crippen LogP contribution in [0.4, 0.5) is 0 Å². The van der Waals surface area contributed by atoms with E-state index in [-0.39, 0.29) is 22.3 Å². The summed E-state index contributed by atoms with van der Waals surface area (Å²) >= 11 is 0. The van der Waals surface area contributed by atoms with E-state index in [1.165, 1.54) is 6.92 Å². The molecular weight excluding hydrogens is 338 g/mol. The first-order valence-corrected chi connectivity index (χ1v) is 8.49. The molecule has 0 spiro atoms. The summed E-state index contributed by atoms with van der Waals surface area (Å²) in [6.07, 6.45) is 0.918. The molecule has 3 aliphatic carbocycles. The molecule has 0 bridgehead atoms. The van der Waals surface area contributed by atoms with Crippen molar-refractivity contribution >= 4 is 23.3 Å². The maximum absolute atomic E-state index is 13.1. The van der Waals surface area contributed by atoms with Crippen molar-refractivity contribution in [1.82, 2.24) is 0 Å². The molecule has 3 aliphatic rings. The molecule has 0 aliphatic heterocycles. The van der Waals surface area contributed by atoms with E-state index in [1.54, 1.807) is 0 Å². The fourth-order valence-electron chi connectivity index (χ4n) is 4.49. The first-order valence-electron chi connectivity index (χ1n) is 8.49. The zero-order chi connectivity index (χ0) is 19.5. The number of ketones is 3. The Morgan fingerprint density at radius 1 is 0.769 bits per heavy atom. The molecule has 0 aromatic heterocycles. The van der Waals surface area contributed by atoms with Gasteiger partial charge in [-0.2, -0.15) is 0 Å². The third-order valence-electron chi connectivity index (χ3n) is 5.71. The molecule has 6 unspecified atom stereocenters. The number of primary amides is 1. The topological polar surface area (TPSA) is 198 Å². The van der Waals surface area contributed by atoms with Crippen LogP contribution in [0, 0.1) is 11.8 Å². The summed E-state index contributed by atoms with van der Waals surface area (Å²) in [5.41, 5.74) is 30.0. The smallest absolute Gasteiger partial charge is 0.223 e. The van der Waals surface area contributed by atoms with Gasteiger partial charge in [-0.3, -0.25) is 19.2 Å². The average molecular weight is 361 g/mol. The van der Waals surface area contributed by atoms with Gasteiger partial charge >= 0.3 is 0 Å². The van der Waals surface area contributed by atoms with Crippen molar-refractivity contribution in [2.45, 2.75) is 43.9 Å². The average Bonchev–Trinajstić information content (AvgIpc) is 2.55. The van der Waals surface area contributed by atoms with Gasteiger partial charge in [-0.1, -0.05) is 0 Å². The van der Waals surface area contributed by atoms with E-state index in [4.69, 9.17) is 28.7 Å². The van der Waals surface area contributed by atoms with E-state index in [9.17, 15) is 19.2 Å². The summed E-state index contributed by atoms with van der Waals surface area (Å²) in [5.74, 6) is -4.54. The number of carbonyl (C=O) groups is 4. The van der Waals surface area contributed by atoms with E-state index >= 15 is 0 Å². The summed E-state index contributed by atoms with van der Waals surface area (Å²) in [4.78, 5) is 50.3. The van der Waals surface area contributed by atoms with Gasteiger partial charge in [0, 0.05) is 46.5 Å². The second-order valence-corrected chi connectivity index (χ2v) is 7.22. The standard InChI is InChI=1S/C17H23N5O4/c1-4(23)7-12(17(22)26)14(21)11-10(13(7)20)15(24)8-5(18)2-3-6(19)9(8)16(11)25/h5-7,12-14H,2-3,18-21H2,1H3,(H2,22,26). The van der Waals surface area contributed by atoms with Crippen LogP contribution in [0.15, 0.2) is 22.3 Å². The minimum Gasteiger partial charge on any atom is -0.369 e. The van der Waals surface area contributed by atoms with Gasteiger partial charge in [0.05, 0.1) is 11.8 Å². The van der Waals surface area contributed by atoms with E-state index in [2.05, 4.69) is 0 Å². The lowest BCUT2D eigenvalue weighted by atomic mass is 9.61. The molecule has 26 heavy (non-hydrogen) atoms. The Morgan fingerprint density at radius 3 is 1.50 bits per heavy atom. The number of carbonyl (C=O) groups excluding carboxylic acids is 4. The number of rotatable bonds is 2. The summed E-state index contributed by atoms with van der Waals surface area (Å²) < 4.78 is 0. The van der Waals surface area contributed by atoms with Gasteiger partial charge in [0.25, 0.3) is 0 Å². The predicted octanol–water partition coefficient (Wildman–Crippen LogP) is -2.85. The van der Waals surface area contributed by atoms with Crippen molar-refractivity contribution in [3.05, 3.63) is 22.3 Å². The Bertz CT molecular complexity index is 735. The molecule has 0 saturated carbocycles. The van der Waals surface area contributed by atoms with Crippen LogP contribution in [0.2, 0.25) is 0 Å². The summed E-state index contributed by atoms with van der Waals surface area (Å²) in [7, 11) is 0. The molecule has 0 aromatic rings. The molecule has 1 amide bonds. The largest absolute Gasteiger partial charge is 0.369 e. The number of nitrogens with two attached hydrogens (primary N) is 5. The lowest BCUT2D eigenvalue weighted by Gasteiger charge is -2.43. The summed E-state index contributed by atoms with van der Waals surface area (Å²) in [6, 6.07) is -3.64. The first-order chi connectivity index (χ1) is 12.1. The summed E-state index contributed by atoms with van der Waals surface area (Å²) in [6.45, 7) is 1.25. The summed E-state index contributed by atoms with van der Waals surface area (Å²) in [5, 5.41) is 0. The van der Waals surface area contributed by atoms with Crippen LogP contribution >= 0.6 is 0 Å². The second kappa shape index (κ2) is 6.20. The second-order valence-electron chi connectivity index (χ2n) is 7.22. The quantitative estimate of drug-likeness (QED) is 0.324. The fourth-order valence-corrected chi connectivity index (χ4v) is 4.49. The van der Waals surface area contributed by atoms with Crippen molar-refractivity contribution in [1.29, 1.82) is 0 Å². The Balaban J connectivity index is 2.23.